The zero-order valence-corrected chi connectivity index (χ0v) is 17.2. The van der Waals surface area contributed by atoms with Crippen molar-refractivity contribution in [1.82, 2.24) is 10.6 Å². The predicted molar refractivity (Wildman–Crippen MR) is 113 cm³/mol. The van der Waals surface area contributed by atoms with Gasteiger partial charge in [0.2, 0.25) is 0 Å². The summed E-state index contributed by atoms with van der Waals surface area (Å²) in [5.41, 5.74) is 2.39. The molecule has 140 valence electrons. The Kier molecular flexibility index (Phi) is 6.00. The van der Waals surface area contributed by atoms with Crippen LogP contribution in [0, 0.1) is 3.57 Å². The van der Waals surface area contributed by atoms with Gasteiger partial charge in [-0.25, -0.2) is 4.79 Å². The Hall–Kier alpha value is -2.55. The highest BCUT2D eigenvalue weighted by atomic mass is 127. The van der Waals surface area contributed by atoms with Crippen molar-refractivity contribution in [2.45, 2.75) is 19.9 Å². The van der Waals surface area contributed by atoms with Crippen molar-refractivity contribution < 1.29 is 14.3 Å². The number of para-hydroxylation sites is 1. The van der Waals surface area contributed by atoms with Gasteiger partial charge in [-0.15, -0.1) is 0 Å². The average molecular weight is 477 g/mol. The second kappa shape index (κ2) is 8.43. The van der Waals surface area contributed by atoms with Crippen LogP contribution in [0.1, 0.15) is 25.5 Å². The SMILES string of the molecule is CCOc1ccc(I)cc1[C@H]1NC(=O)NC(C)=C1C(=O)Nc1ccccc1. The first-order valence-corrected chi connectivity index (χ1v) is 9.64. The smallest absolute Gasteiger partial charge is 0.319 e. The summed E-state index contributed by atoms with van der Waals surface area (Å²) in [5, 5.41) is 8.43. The fourth-order valence-electron chi connectivity index (χ4n) is 2.98. The van der Waals surface area contributed by atoms with Crippen LogP contribution in [-0.4, -0.2) is 18.5 Å². The van der Waals surface area contributed by atoms with Gasteiger partial charge in [-0.1, -0.05) is 18.2 Å². The number of benzene rings is 2. The number of urea groups is 1. The predicted octanol–water partition coefficient (Wildman–Crippen LogP) is 3.96. The standard InChI is InChI=1S/C20H20IN3O3/c1-3-27-16-10-9-13(21)11-15(16)18-17(12(2)22-20(26)24-18)19(25)23-14-7-5-4-6-8-14/h4-11,18H,3H2,1-2H3,(H,23,25)(H2,22,24,26)/t18-/m1/s1. The summed E-state index contributed by atoms with van der Waals surface area (Å²) in [4.78, 5) is 25.1. The molecule has 1 aliphatic rings. The van der Waals surface area contributed by atoms with Gasteiger partial charge in [0, 0.05) is 20.5 Å². The number of ether oxygens (including phenoxy) is 1. The molecule has 3 amide bonds. The van der Waals surface area contributed by atoms with E-state index in [4.69, 9.17) is 4.74 Å². The van der Waals surface area contributed by atoms with E-state index in [1.54, 1.807) is 6.92 Å². The van der Waals surface area contributed by atoms with Crippen LogP contribution in [0.5, 0.6) is 5.75 Å². The maximum absolute atomic E-state index is 13.0. The molecule has 0 aromatic heterocycles. The van der Waals surface area contributed by atoms with Gasteiger partial charge in [0.25, 0.3) is 5.91 Å². The molecule has 1 aliphatic heterocycles. The minimum Gasteiger partial charge on any atom is -0.494 e. The van der Waals surface area contributed by atoms with Crippen LogP contribution >= 0.6 is 22.6 Å². The number of hydrogen-bond acceptors (Lipinski definition) is 3. The highest BCUT2D eigenvalue weighted by molar-refractivity contribution is 14.1. The van der Waals surface area contributed by atoms with E-state index in [0.29, 0.717) is 29.3 Å². The lowest BCUT2D eigenvalue weighted by atomic mass is 9.94. The second-order valence-electron chi connectivity index (χ2n) is 6.01. The van der Waals surface area contributed by atoms with Crippen molar-refractivity contribution in [3.05, 3.63) is 68.9 Å². The number of hydrogen-bond donors (Lipinski definition) is 3. The van der Waals surface area contributed by atoms with Crippen molar-refractivity contribution in [3.8, 4) is 5.75 Å². The van der Waals surface area contributed by atoms with E-state index < -0.39 is 6.04 Å². The van der Waals surface area contributed by atoms with Crippen LogP contribution in [0.3, 0.4) is 0 Å². The Labute approximate surface area is 171 Å². The van der Waals surface area contributed by atoms with E-state index in [1.165, 1.54) is 0 Å². The number of carbonyl (C=O) groups is 2. The van der Waals surface area contributed by atoms with Crippen molar-refractivity contribution >= 4 is 40.2 Å². The maximum Gasteiger partial charge on any atom is 0.319 e. The monoisotopic (exact) mass is 477 g/mol. The van der Waals surface area contributed by atoms with Gasteiger partial charge >= 0.3 is 6.03 Å². The van der Waals surface area contributed by atoms with Crippen molar-refractivity contribution in [2.24, 2.45) is 0 Å². The third kappa shape index (κ3) is 4.41. The van der Waals surface area contributed by atoms with Gasteiger partial charge in [-0.3, -0.25) is 4.79 Å². The lowest BCUT2D eigenvalue weighted by molar-refractivity contribution is -0.113. The molecule has 27 heavy (non-hydrogen) atoms. The number of rotatable bonds is 5. The van der Waals surface area contributed by atoms with Crippen molar-refractivity contribution in [2.75, 3.05) is 11.9 Å². The highest BCUT2D eigenvalue weighted by Gasteiger charge is 2.33. The van der Waals surface area contributed by atoms with Gasteiger partial charge in [0.05, 0.1) is 18.2 Å². The summed E-state index contributed by atoms with van der Waals surface area (Å²) in [6.07, 6.45) is 0. The Morgan fingerprint density at radius 1 is 1.22 bits per heavy atom. The van der Waals surface area contributed by atoms with Gasteiger partial charge < -0.3 is 20.7 Å². The zero-order chi connectivity index (χ0) is 19.4. The number of nitrogens with one attached hydrogen (secondary N) is 3. The van der Waals surface area contributed by atoms with Crippen molar-refractivity contribution in [1.29, 1.82) is 0 Å². The number of halogens is 1. The summed E-state index contributed by atoms with van der Waals surface area (Å²) in [6, 6.07) is 14.0. The summed E-state index contributed by atoms with van der Waals surface area (Å²) >= 11 is 2.20. The molecular formula is C20H20IN3O3. The first-order chi connectivity index (χ1) is 13.0. The second-order valence-corrected chi connectivity index (χ2v) is 7.25. The Balaban J connectivity index is 2.02. The minimum atomic E-state index is -0.612. The molecule has 1 atom stereocenters. The lowest BCUT2D eigenvalue weighted by Crippen LogP contribution is -2.46. The van der Waals surface area contributed by atoms with E-state index in [2.05, 4.69) is 38.5 Å². The molecule has 3 N–H and O–H groups in total. The van der Waals surface area contributed by atoms with E-state index in [0.717, 1.165) is 9.13 Å². The van der Waals surface area contributed by atoms with Crippen LogP contribution in [-0.2, 0) is 4.79 Å². The molecule has 2 aromatic rings. The molecule has 0 aliphatic carbocycles. The zero-order valence-electron chi connectivity index (χ0n) is 15.0. The molecule has 0 saturated heterocycles. The first kappa shape index (κ1) is 19.2. The van der Waals surface area contributed by atoms with Crippen LogP contribution in [0.4, 0.5) is 10.5 Å². The molecule has 1 heterocycles. The fraction of sp³-hybridized carbons (Fsp3) is 0.200. The molecule has 0 radical (unpaired) electrons. The summed E-state index contributed by atoms with van der Waals surface area (Å²) < 4.78 is 6.72. The highest BCUT2D eigenvalue weighted by Crippen LogP contribution is 2.34. The van der Waals surface area contributed by atoms with Gasteiger partial charge in [-0.05, 0) is 66.8 Å². The number of amides is 3. The first-order valence-electron chi connectivity index (χ1n) is 8.56. The van der Waals surface area contributed by atoms with Crippen LogP contribution < -0.4 is 20.7 Å². The lowest BCUT2D eigenvalue weighted by Gasteiger charge is -2.29. The van der Waals surface area contributed by atoms with E-state index >= 15 is 0 Å². The molecule has 2 aromatic carbocycles. The summed E-state index contributed by atoms with van der Waals surface area (Å²) in [6.45, 7) is 4.10. The Morgan fingerprint density at radius 2 is 1.96 bits per heavy atom. The van der Waals surface area contributed by atoms with Gasteiger partial charge in [0.1, 0.15) is 5.75 Å². The maximum atomic E-state index is 13.0. The summed E-state index contributed by atoms with van der Waals surface area (Å²) in [7, 11) is 0. The molecule has 0 bridgehead atoms. The fourth-order valence-corrected chi connectivity index (χ4v) is 3.50. The molecule has 6 nitrogen and oxygen atoms in total. The third-order valence-electron chi connectivity index (χ3n) is 4.13. The minimum absolute atomic E-state index is 0.280. The Morgan fingerprint density at radius 3 is 2.67 bits per heavy atom. The van der Waals surface area contributed by atoms with Crippen LogP contribution in [0.25, 0.3) is 0 Å². The number of anilines is 1. The quantitative estimate of drug-likeness (QED) is 0.571. The van der Waals surface area contributed by atoms with E-state index in [9.17, 15) is 9.59 Å². The Bertz CT molecular complexity index is 897. The molecule has 3 rings (SSSR count). The molecule has 0 saturated carbocycles. The number of allylic oxidation sites excluding steroid dienone is 1. The van der Waals surface area contributed by atoms with Gasteiger partial charge in [0.15, 0.2) is 0 Å². The van der Waals surface area contributed by atoms with E-state index in [1.807, 2.05) is 55.5 Å². The molecule has 7 heteroatoms. The van der Waals surface area contributed by atoms with Crippen LogP contribution in [0.2, 0.25) is 0 Å². The molecule has 0 fully saturated rings. The average Bonchev–Trinajstić information content (AvgIpc) is 2.63. The summed E-state index contributed by atoms with van der Waals surface area (Å²) in [5.74, 6) is 0.362. The van der Waals surface area contributed by atoms with Gasteiger partial charge in [-0.2, -0.15) is 0 Å². The third-order valence-corrected chi connectivity index (χ3v) is 4.80. The van der Waals surface area contributed by atoms with Crippen LogP contribution in [0.15, 0.2) is 59.8 Å². The topological polar surface area (TPSA) is 79.5 Å². The molecule has 0 unspecified atom stereocenters. The van der Waals surface area contributed by atoms with E-state index in [-0.39, 0.29) is 11.9 Å². The van der Waals surface area contributed by atoms with Crippen molar-refractivity contribution in [3.63, 3.8) is 0 Å². The molecule has 0 spiro atoms. The largest absolute Gasteiger partial charge is 0.494 e. The number of carbonyl (C=O) groups excluding carboxylic acids is 2. The normalized spacial score (nSPS) is 16.4. The molecular weight excluding hydrogens is 457 g/mol.